The lowest BCUT2D eigenvalue weighted by Crippen LogP contribution is -2.21. The highest BCUT2D eigenvalue weighted by molar-refractivity contribution is 5.95. The number of para-hydroxylation sites is 2. The van der Waals surface area contributed by atoms with Gasteiger partial charge in [0.1, 0.15) is 11.5 Å². The molecule has 214 valence electrons. The molecule has 0 amide bonds. The molecule has 2 N–H and O–H groups in total. The van der Waals surface area contributed by atoms with Gasteiger partial charge in [-0.3, -0.25) is 9.98 Å². The number of fused-ring (bicyclic) bond motifs is 2. The van der Waals surface area contributed by atoms with Gasteiger partial charge in [0, 0.05) is 73.2 Å². The number of aromatic hydroxyl groups is 2. The van der Waals surface area contributed by atoms with E-state index in [9.17, 15) is 10.2 Å². The Morgan fingerprint density at radius 2 is 0.976 bits per heavy atom. The van der Waals surface area contributed by atoms with Crippen molar-refractivity contribution in [2.24, 2.45) is 9.98 Å². The maximum atomic E-state index is 10.7. The van der Waals surface area contributed by atoms with Crippen LogP contribution in [0.4, 0.5) is 22.7 Å². The molecule has 1 heterocycles. The summed E-state index contributed by atoms with van der Waals surface area (Å²) in [5.74, 6) is 0.302. The van der Waals surface area contributed by atoms with E-state index >= 15 is 0 Å². The molecule has 0 fully saturated rings. The van der Waals surface area contributed by atoms with E-state index in [0.717, 1.165) is 48.6 Å². The Labute approximate surface area is 246 Å². The van der Waals surface area contributed by atoms with Crippen LogP contribution >= 0.6 is 0 Å². The predicted molar refractivity (Wildman–Crippen MR) is 175 cm³/mol. The van der Waals surface area contributed by atoms with Gasteiger partial charge in [-0.25, -0.2) is 9.97 Å². The molecule has 0 unspecified atom stereocenters. The number of hydrogen-bond donors (Lipinski definition) is 2. The number of benzene rings is 4. The number of aliphatic imine (C=N–C) groups is 2. The number of aromatic nitrogens is 2. The van der Waals surface area contributed by atoms with Gasteiger partial charge in [-0.2, -0.15) is 0 Å². The Kier molecular flexibility index (Phi) is 8.62. The van der Waals surface area contributed by atoms with Crippen LogP contribution in [-0.2, 0) is 0 Å². The molecule has 0 saturated carbocycles. The van der Waals surface area contributed by atoms with Crippen molar-refractivity contribution in [2.75, 3.05) is 36.0 Å². The van der Waals surface area contributed by atoms with Crippen LogP contribution in [0.2, 0.25) is 0 Å². The Bertz CT molecular complexity index is 1640. The van der Waals surface area contributed by atoms with E-state index in [1.165, 1.54) is 0 Å². The summed E-state index contributed by atoms with van der Waals surface area (Å²) in [5.41, 5.74) is 7.19. The zero-order valence-corrected chi connectivity index (χ0v) is 24.5. The average molecular weight is 561 g/mol. The van der Waals surface area contributed by atoms with Crippen molar-refractivity contribution in [1.82, 2.24) is 9.97 Å². The minimum absolute atomic E-state index is 0.151. The van der Waals surface area contributed by atoms with Crippen molar-refractivity contribution < 1.29 is 10.2 Å². The van der Waals surface area contributed by atoms with Crippen molar-refractivity contribution in [3.63, 3.8) is 0 Å². The highest BCUT2D eigenvalue weighted by Gasteiger charge is 2.11. The summed E-state index contributed by atoms with van der Waals surface area (Å²) in [6.45, 7) is 11.8. The zero-order chi connectivity index (χ0) is 29.6. The lowest BCUT2D eigenvalue weighted by Gasteiger charge is -2.21. The number of phenolic OH excluding ortho intramolecular Hbond substituents is 2. The first kappa shape index (κ1) is 28.5. The lowest BCUT2D eigenvalue weighted by molar-refractivity contribution is 0.474. The predicted octanol–water partition coefficient (Wildman–Crippen LogP) is 7.39. The number of rotatable bonds is 10. The quantitative estimate of drug-likeness (QED) is 0.137. The standard InChI is InChI=1S/C34H36N6O2/c1-5-39(6-2)25-15-13-23(33(41)17-25)21-35-29-19-31-32(38-28-12-10-9-11-27(28)37-31)20-30(29)36-22-24-14-16-26(18-34(24)42)40(7-3)8-4/h9-22,41-42H,5-8H2,1-4H3. The highest BCUT2D eigenvalue weighted by Crippen LogP contribution is 2.34. The third-order valence-electron chi connectivity index (χ3n) is 7.41. The van der Waals surface area contributed by atoms with Gasteiger partial charge in [0.05, 0.1) is 33.4 Å². The molecule has 0 saturated heterocycles. The lowest BCUT2D eigenvalue weighted by atomic mass is 10.1. The molecular weight excluding hydrogens is 524 g/mol. The summed E-state index contributed by atoms with van der Waals surface area (Å²) >= 11 is 0. The molecule has 8 nitrogen and oxygen atoms in total. The van der Waals surface area contributed by atoms with Crippen LogP contribution < -0.4 is 9.80 Å². The van der Waals surface area contributed by atoms with Crippen LogP contribution in [0.1, 0.15) is 38.8 Å². The number of hydrogen-bond acceptors (Lipinski definition) is 8. The van der Waals surface area contributed by atoms with Gasteiger partial charge in [0.25, 0.3) is 0 Å². The monoisotopic (exact) mass is 560 g/mol. The van der Waals surface area contributed by atoms with Crippen LogP contribution in [0.25, 0.3) is 22.1 Å². The van der Waals surface area contributed by atoms with Crippen LogP contribution in [0.3, 0.4) is 0 Å². The van der Waals surface area contributed by atoms with Crippen LogP contribution in [0.5, 0.6) is 11.5 Å². The largest absolute Gasteiger partial charge is 0.507 e. The van der Waals surface area contributed by atoms with Crippen molar-refractivity contribution in [3.05, 3.63) is 83.9 Å². The third kappa shape index (κ3) is 6.02. The first-order chi connectivity index (χ1) is 20.4. The Balaban J connectivity index is 1.55. The first-order valence-corrected chi connectivity index (χ1v) is 14.4. The molecule has 1 aromatic heterocycles. The van der Waals surface area contributed by atoms with Gasteiger partial charge in [-0.05, 0) is 76.2 Å². The second kappa shape index (κ2) is 12.7. The summed E-state index contributed by atoms with van der Waals surface area (Å²) in [4.78, 5) is 23.4. The molecule has 5 rings (SSSR count). The van der Waals surface area contributed by atoms with Gasteiger partial charge < -0.3 is 20.0 Å². The molecule has 0 aliphatic rings. The van der Waals surface area contributed by atoms with E-state index in [4.69, 9.17) is 20.0 Å². The van der Waals surface area contributed by atoms with Crippen LogP contribution in [0, 0.1) is 0 Å². The molecule has 42 heavy (non-hydrogen) atoms. The summed E-state index contributed by atoms with van der Waals surface area (Å²) < 4.78 is 0. The van der Waals surface area contributed by atoms with Gasteiger partial charge in [0.2, 0.25) is 0 Å². The fourth-order valence-corrected chi connectivity index (χ4v) is 4.98. The van der Waals surface area contributed by atoms with E-state index in [1.807, 2.05) is 60.7 Å². The van der Waals surface area contributed by atoms with Crippen LogP contribution in [0.15, 0.2) is 82.8 Å². The molecule has 8 heteroatoms. The Hall–Kier alpha value is -4.98. The molecule has 0 aliphatic heterocycles. The first-order valence-electron chi connectivity index (χ1n) is 14.4. The molecule has 5 aromatic rings. The topological polar surface area (TPSA) is 97.4 Å². The minimum atomic E-state index is 0.151. The molecular formula is C34H36N6O2. The Morgan fingerprint density at radius 1 is 0.571 bits per heavy atom. The van der Waals surface area contributed by atoms with Gasteiger partial charge in [-0.15, -0.1) is 0 Å². The molecule has 0 radical (unpaired) electrons. The van der Waals surface area contributed by atoms with E-state index in [-0.39, 0.29) is 11.5 Å². The summed E-state index contributed by atoms with van der Waals surface area (Å²) in [5, 5.41) is 21.5. The number of nitrogens with zero attached hydrogens (tertiary/aromatic N) is 6. The summed E-state index contributed by atoms with van der Waals surface area (Å²) in [7, 11) is 0. The smallest absolute Gasteiger partial charge is 0.126 e. The third-order valence-corrected chi connectivity index (χ3v) is 7.41. The van der Waals surface area contributed by atoms with Crippen LogP contribution in [-0.4, -0.2) is 58.8 Å². The van der Waals surface area contributed by atoms with Gasteiger partial charge in [0.15, 0.2) is 0 Å². The van der Waals surface area contributed by atoms with Crippen molar-refractivity contribution in [2.45, 2.75) is 27.7 Å². The summed E-state index contributed by atoms with van der Waals surface area (Å²) in [6.07, 6.45) is 3.26. The minimum Gasteiger partial charge on any atom is -0.507 e. The van der Waals surface area contributed by atoms with Gasteiger partial charge >= 0.3 is 0 Å². The fraction of sp³-hybridized carbons (Fsp3) is 0.235. The average Bonchev–Trinajstić information content (AvgIpc) is 3.00. The zero-order valence-electron chi connectivity index (χ0n) is 24.5. The second-order valence-corrected chi connectivity index (χ2v) is 9.89. The van der Waals surface area contributed by atoms with Gasteiger partial charge in [-0.1, -0.05) is 12.1 Å². The van der Waals surface area contributed by atoms with Crippen molar-refractivity contribution in [3.8, 4) is 11.5 Å². The Morgan fingerprint density at radius 3 is 1.33 bits per heavy atom. The van der Waals surface area contributed by atoms with E-state index in [2.05, 4.69) is 37.5 Å². The molecule has 0 atom stereocenters. The fourth-order valence-electron chi connectivity index (χ4n) is 4.98. The maximum Gasteiger partial charge on any atom is 0.126 e. The number of phenols is 2. The van der Waals surface area contributed by atoms with Crippen molar-refractivity contribution in [1.29, 1.82) is 0 Å². The van der Waals surface area contributed by atoms with E-state index < -0.39 is 0 Å². The highest BCUT2D eigenvalue weighted by atomic mass is 16.3. The second-order valence-electron chi connectivity index (χ2n) is 9.89. The molecule has 0 spiro atoms. The van der Waals surface area contributed by atoms with E-state index in [1.54, 1.807) is 24.6 Å². The molecule has 4 aromatic carbocycles. The number of anilines is 2. The molecule has 0 bridgehead atoms. The van der Waals surface area contributed by atoms with E-state index in [0.29, 0.717) is 33.5 Å². The molecule has 0 aliphatic carbocycles. The SMILES string of the molecule is CCN(CC)c1ccc(C=Nc2cc3nc4ccccc4nc3cc2N=Cc2ccc(N(CC)CC)cc2O)c(O)c1. The maximum absolute atomic E-state index is 10.7. The normalized spacial score (nSPS) is 11.7. The summed E-state index contributed by atoms with van der Waals surface area (Å²) in [6, 6.07) is 22.6. The van der Waals surface area contributed by atoms with Crippen molar-refractivity contribution >= 4 is 57.2 Å².